The first-order chi connectivity index (χ1) is 18.5. The van der Waals surface area contributed by atoms with Gasteiger partial charge in [-0.1, -0.05) is 39.0 Å². The van der Waals surface area contributed by atoms with Crippen molar-refractivity contribution in [3.8, 4) is 11.5 Å². The molecule has 3 aromatic rings. The molecule has 0 aromatic heterocycles. The van der Waals surface area contributed by atoms with Crippen molar-refractivity contribution >= 4 is 28.8 Å². The number of anilines is 2. The molecule has 4 rings (SSSR count). The molecule has 7 heteroatoms. The largest absolute Gasteiger partial charge is 0.507 e. The number of Topliss-reactive ketones (excluding diaryl/α,β-unsaturated/α-hetero) is 1. The number of nitrogens with zero attached hydrogens (tertiary/aromatic N) is 2. The van der Waals surface area contributed by atoms with E-state index >= 15 is 0 Å². The lowest BCUT2D eigenvalue weighted by Gasteiger charge is -2.26. The molecule has 1 fully saturated rings. The zero-order chi connectivity index (χ0) is 28.5. The first kappa shape index (κ1) is 27.8. The molecular weight excluding hydrogens is 492 g/mol. The van der Waals surface area contributed by atoms with Crippen LogP contribution in [0.3, 0.4) is 0 Å². The first-order valence-corrected chi connectivity index (χ1v) is 13.0. The Kier molecular flexibility index (Phi) is 7.72. The summed E-state index contributed by atoms with van der Waals surface area (Å²) >= 11 is 0. The highest BCUT2D eigenvalue weighted by Gasteiger charge is 2.47. The molecule has 0 aliphatic carbocycles. The molecule has 1 heterocycles. The molecule has 39 heavy (non-hydrogen) atoms. The van der Waals surface area contributed by atoms with Crippen LogP contribution in [0.2, 0.25) is 0 Å². The fraction of sp³-hybridized carbons (Fsp3) is 0.312. The van der Waals surface area contributed by atoms with Gasteiger partial charge in [0, 0.05) is 42.7 Å². The molecule has 204 valence electrons. The number of rotatable bonds is 7. The fourth-order valence-corrected chi connectivity index (χ4v) is 4.86. The second kappa shape index (κ2) is 10.8. The van der Waals surface area contributed by atoms with Crippen molar-refractivity contribution in [1.82, 2.24) is 0 Å². The van der Waals surface area contributed by atoms with E-state index < -0.39 is 17.7 Å². The molecule has 1 unspecified atom stereocenters. The quantitative estimate of drug-likeness (QED) is 0.227. The number of hydrogen-bond acceptors (Lipinski definition) is 6. The minimum atomic E-state index is -0.835. The molecule has 1 amide bonds. The van der Waals surface area contributed by atoms with E-state index in [2.05, 4.69) is 0 Å². The van der Waals surface area contributed by atoms with E-state index in [1.165, 1.54) is 4.90 Å². The van der Waals surface area contributed by atoms with Gasteiger partial charge in [-0.05, 0) is 60.4 Å². The zero-order valence-electron chi connectivity index (χ0n) is 23.6. The summed E-state index contributed by atoms with van der Waals surface area (Å²) < 4.78 is 11.2. The summed E-state index contributed by atoms with van der Waals surface area (Å²) in [5.74, 6) is -0.418. The lowest BCUT2D eigenvalue weighted by molar-refractivity contribution is -0.132. The van der Waals surface area contributed by atoms with Crippen molar-refractivity contribution in [2.75, 3.05) is 37.6 Å². The molecule has 0 radical (unpaired) electrons. The number of aliphatic hydroxyl groups is 1. The summed E-state index contributed by atoms with van der Waals surface area (Å²) in [6.07, 6.45) is 0. The summed E-state index contributed by atoms with van der Waals surface area (Å²) in [6.45, 7) is 8.49. The van der Waals surface area contributed by atoms with Gasteiger partial charge in [-0.25, -0.2) is 0 Å². The number of ketones is 1. The highest BCUT2D eigenvalue weighted by Crippen LogP contribution is 2.44. The fourth-order valence-electron chi connectivity index (χ4n) is 4.86. The molecule has 1 aliphatic heterocycles. The average Bonchev–Trinajstić information content (AvgIpc) is 3.17. The van der Waals surface area contributed by atoms with Crippen LogP contribution in [0.25, 0.3) is 5.76 Å². The van der Waals surface area contributed by atoms with Crippen LogP contribution in [0.15, 0.2) is 72.3 Å². The van der Waals surface area contributed by atoms with E-state index in [0.29, 0.717) is 34.9 Å². The Morgan fingerprint density at radius 1 is 1.00 bits per heavy atom. The summed E-state index contributed by atoms with van der Waals surface area (Å²) in [5, 5.41) is 11.6. The third kappa shape index (κ3) is 5.35. The summed E-state index contributed by atoms with van der Waals surface area (Å²) in [6, 6.07) is 19.2. The predicted molar refractivity (Wildman–Crippen MR) is 155 cm³/mol. The molecule has 0 spiro atoms. The van der Waals surface area contributed by atoms with E-state index in [1.54, 1.807) is 43.5 Å². The molecule has 1 N–H and O–H groups in total. The van der Waals surface area contributed by atoms with Crippen LogP contribution in [-0.4, -0.2) is 44.6 Å². The van der Waals surface area contributed by atoms with Crippen LogP contribution < -0.4 is 19.3 Å². The smallest absolute Gasteiger partial charge is 0.300 e. The van der Waals surface area contributed by atoms with Crippen LogP contribution in [0.5, 0.6) is 11.5 Å². The van der Waals surface area contributed by atoms with Gasteiger partial charge in [0.05, 0.1) is 25.3 Å². The molecule has 3 aromatic carbocycles. The van der Waals surface area contributed by atoms with Crippen LogP contribution in [0.1, 0.15) is 50.4 Å². The Bertz CT molecular complexity index is 1420. The maximum atomic E-state index is 13.6. The highest BCUT2D eigenvalue weighted by atomic mass is 16.5. The third-order valence-electron chi connectivity index (χ3n) is 6.86. The number of carbonyl (C=O) groups excluding carboxylic acids is 2. The van der Waals surface area contributed by atoms with Crippen LogP contribution in [0.4, 0.5) is 11.4 Å². The van der Waals surface area contributed by atoms with E-state index in [9.17, 15) is 14.7 Å². The number of ether oxygens (including phenoxy) is 2. The van der Waals surface area contributed by atoms with Gasteiger partial charge in [0.2, 0.25) is 0 Å². The number of aliphatic hydroxyl groups excluding tert-OH is 1. The van der Waals surface area contributed by atoms with Crippen LogP contribution in [0, 0.1) is 0 Å². The van der Waals surface area contributed by atoms with Gasteiger partial charge in [-0.2, -0.15) is 0 Å². The molecule has 7 nitrogen and oxygen atoms in total. The highest BCUT2D eigenvalue weighted by molar-refractivity contribution is 6.51. The first-order valence-electron chi connectivity index (χ1n) is 13.0. The molecule has 0 saturated carbocycles. The minimum Gasteiger partial charge on any atom is -0.507 e. The van der Waals surface area contributed by atoms with E-state index in [0.717, 1.165) is 11.3 Å². The van der Waals surface area contributed by atoms with Gasteiger partial charge in [0.25, 0.3) is 11.7 Å². The van der Waals surface area contributed by atoms with E-state index in [-0.39, 0.29) is 16.7 Å². The SMILES string of the molecule is CCOc1cccc(N2C(=O)C(=O)/C(=C(\O)c3ccc(OC)c(C(C)(C)C)c3)C2c2ccc(N(C)C)cc2)c1. The maximum Gasteiger partial charge on any atom is 0.300 e. The Morgan fingerprint density at radius 3 is 2.28 bits per heavy atom. The number of hydrogen-bond donors (Lipinski definition) is 1. The number of benzene rings is 3. The molecule has 1 saturated heterocycles. The number of methoxy groups -OCH3 is 1. The number of carbonyl (C=O) groups is 2. The number of amides is 1. The monoisotopic (exact) mass is 528 g/mol. The summed E-state index contributed by atoms with van der Waals surface area (Å²) in [7, 11) is 5.48. The summed E-state index contributed by atoms with van der Waals surface area (Å²) in [4.78, 5) is 30.6. The maximum absolute atomic E-state index is 13.6. The normalized spacial score (nSPS) is 16.9. The van der Waals surface area contributed by atoms with Crippen LogP contribution >= 0.6 is 0 Å². The van der Waals surface area contributed by atoms with Gasteiger partial charge < -0.3 is 19.5 Å². The van der Waals surface area contributed by atoms with E-state index in [1.807, 2.05) is 77.0 Å². The zero-order valence-corrected chi connectivity index (χ0v) is 23.6. The lowest BCUT2D eigenvalue weighted by atomic mass is 9.84. The van der Waals surface area contributed by atoms with Gasteiger partial charge >= 0.3 is 0 Å². The van der Waals surface area contributed by atoms with Crippen molar-refractivity contribution in [3.05, 3.63) is 89.0 Å². The Balaban J connectivity index is 1.94. The predicted octanol–water partition coefficient (Wildman–Crippen LogP) is 6.08. The van der Waals surface area contributed by atoms with Crippen LogP contribution in [-0.2, 0) is 15.0 Å². The van der Waals surface area contributed by atoms with Crippen molar-refractivity contribution in [2.24, 2.45) is 0 Å². The molecular formula is C32H36N2O5. The van der Waals surface area contributed by atoms with Gasteiger partial charge in [0.1, 0.15) is 17.3 Å². The van der Waals surface area contributed by atoms with Crippen molar-refractivity contribution < 1.29 is 24.2 Å². The van der Waals surface area contributed by atoms with Gasteiger partial charge in [0.15, 0.2) is 0 Å². The van der Waals surface area contributed by atoms with Crippen molar-refractivity contribution in [2.45, 2.75) is 39.2 Å². The Morgan fingerprint density at radius 2 is 1.69 bits per heavy atom. The van der Waals surface area contributed by atoms with E-state index in [4.69, 9.17) is 9.47 Å². The second-order valence-corrected chi connectivity index (χ2v) is 10.8. The Hall–Kier alpha value is -4.26. The van der Waals surface area contributed by atoms with Crippen molar-refractivity contribution in [1.29, 1.82) is 0 Å². The molecule has 0 bridgehead atoms. The standard InChI is InChI=1S/C32H36N2O5/c1-8-39-24-11-9-10-23(19-24)34-28(20-12-15-22(16-13-20)33(5)6)27(30(36)31(34)37)29(35)21-14-17-26(38-7)25(18-21)32(2,3)4/h9-19,28,35H,8H2,1-7H3/b29-27-. The van der Waals surface area contributed by atoms with Crippen molar-refractivity contribution in [3.63, 3.8) is 0 Å². The molecule has 1 atom stereocenters. The average molecular weight is 529 g/mol. The topological polar surface area (TPSA) is 79.3 Å². The molecule has 1 aliphatic rings. The van der Waals surface area contributed by atoms with Gasteiger partial charge in [-0.3, -0.25) is 14.5 Å². The Labute approximate surface area is 230 Å². The summed E-state index contributed by atoms with van der Waals surface area (Å²) in [5.41, 5.74) is 3.25. The third-order valence-corrected chi connectivity index (χ3v) is 6.86. The second-order valence-electron chi connectivity index (χ2n) is 10.8. The minimum absolute atomic E-state index is 0.0319. The van der Waals surface area contributed by atoms with Gasteiger partial charge in [-0.15, -0.1) is 0 Å². The lowest BCUT2D eigenvalue weighted by Crippen LogP contribution is -2.29.